The van der Waals surface area contributed by atoms with E-state index in [4.69, 9.17) is 4.74 Å². The Morgan fingerprint density at radius 1 is 1.39 bits per heavy atom. The topological polar surface area (TPSA) is 87.9 Å². The molecule has 3 rings (SSSR count). The van der Waals surface area contributed by atoms with Gasteiger partial charge in [-0.3, -0.25) is 14.5 Å². The molecule has 1 amide bonds. The first kappa shape index (κ1) is 21.9. The minimum atomic E-state index is -0.0162. The lowest BCUT2D eigenvalue weighted by Crippen LogP contribution is -2.42. The van der Waals surface area contributed by atoms with Crippen LogP contribution in [0.15, 0.2) is 35.6 Å². The van der Waals surface area contributed by atoms with Gasteiger partial charge < -0.3 is 19.9 Å². The first-order chi connectivity index (χ1) is 13.1. The summed E-state index contributed by atoms with van der Waals surface area (Å²) in [5, 5.41) is 7.41. The SMILES string of the molecule is CN=C(NCCCN1C(=O)COc2ccccc21)N(C)Cc1ncnn1C.I. The Kier molecular flexibility index (Phi) is 8.03. The van der Waals surface area contributed by atoms with Crippen molar-refractivity contribution in [2.24, 2.45) is 12.0 Å². The van der Waals surface area contributed by atoms with Gasteiger partial charge in [0.25, 0.3) is 5.91 Å². The average Bonchev–Trinajstić information content (AvgIpc) is 3.07. The molecule has 0 aliphatic carbocycles. The van der Waals surface area contributed by atoms with E-state index < -0.39 is 0 Å². The van der Waals surface area contributed by atoms with Crippen LogP contribution in [0.2, 0.25) is 0 Å². The third kappa shape index (κ3) is 5.12. The molecule has 2 aromatic rings. The van der Waals surface area contributed by atoms with Gasteiger partial charge in [0.1, 0.15) is 17.9 Å². The minimum Gasteiger partial charge on any atom is -0.482 e. The number of aromatic nitrogens is 3. The van der Waals surface area contributed by atoms with Crippen molar-refractivity contribution in [3.63, 3.8) is 0 Å². The number of amides is 1. The lowest BCUT2D eigenvalue weighted by Gasteiger charge is -2.29. The van der Waals surface area contributed by atoms with Crippen LogP contribution in [0, 0.1) is 0 Å². The van der Waals surface area contributed by atoms with Gasteiger partial charge in [-0.05, 0) is 18.6 Å². The average molecular weight is 499 g/mol. The van der Waals surface area contributed by atoms with Gasteiger partial charge in [-0.1, -0.05) is 12.1 Å². The fourth-order valence-electron chi connectivity index (χ4n) is 2.97. The van der Waals surface area contributed by atoms with Crippen LogP contribution in [0.1, 0.15) is 12.2 Å². The molecule has 0 fully saturated rings. The minimum absolute atomic E-state index is 0. The number of carbonyl (C=O) groups excluding carboxylic acids is 1. The van der Waals surface area contributed by atoms with E-state index >= 15 is 0 Å². The largest absolute Gasteiger partial charge is 0.482 e. The normalized spacial score (nSPS) is 13.5. The van der Waals surface area contributed by atoms with Crippen LogP contribution < -0.4 is 15.0 Å². The number of anilines is 1. The Balaban J connectivity index is 0.00000280. The molecular weight excluding hydrogens is 473 g/mol. The fraction of sp³-hybridized carbons (Fsp3) is 0.444. The molecule has 1 N–H and O–H groups in total. The molecule has 1 aromatic carbocycles. The summed E-state index contributed by atoms with van der Waals surface area (Å²) in [5.41, 5.74) is 0.831. The van der Waals surface area contributed by atoms with E-state index in [1.807, 2.05) is 43.3 Å². The summed E-state index contributed by atoms with van der Waals surface area (Å²) in [6, 6.07) is 7.62. The number of para-hydroxylation sites is 2. The van der Waals surface area contributed by atoms with Crippen LogP contribution in [-0.4, -0.2) is 65.3 Å². The van der Waals surface area contributed by atoms with Crippen molar-refractivity contribution in [3.8, 4) is 5.75 Å². The van der Waals surface area contributed by atoms with Crippen molar-refractivity contribution in [2.75, 3.05) is 38.7 Å². The number of aliphatic imine (C=N–C) groups is 1. The first-order valence-electron chi connectivity index (χ1n) is 8.87. The predicted octanol–water partition coefficient (Wildman–Crippen LogP) is 1.26. The second-order valence-electron chi connectivity index (χ2n) is 6.29. The van der Waals surface area contributed by atoms with Crippen LogP contribution in [0.4, 0.5) is 5.69 Å². The molecule has 0 unspecified atom stereocenters. The molecule has 9 nitrogen and oxygen atoms in total. The number of ether oxygens (including phenoxy) is 1. The number of hydrogen-bond donors (Lipinski definition) is 1. The first-order valence-corrected chi connectivity index (χ1v) is 8.87. The van der Waals surface area contributed by atoms with Crippen LogP contribution in [-0.2, 0) is 18.4 Å². The molecule has 0 atom stereocenters. The number of aryl methyl sites for hydroxylation is 1. The Hall–Kier alpha value is -2.37. The highest BCUT2D eigenvalue weighted by molar-refractivity contribution is 14.0. The highest BCUT2D eigenvalue weighted by atomic mass is 127. The molecule has 2 heterocycles. The van der Waals surface area contributed by atoms with Crippen LogP contribution >= 0.6 is 24.0 Å². The van der Waals surface area contributed by atoms with Gasteiger partial charge in [-0.15, -0.1) is 24.0 Å². The molecular formula is C18H26IN7O2. The molecule has 10 heteroatoms. The number of hydrogen-bond acceptors (Lipinski definition) is 5. The molecule has 1 aliphatic rings. The van der Waals surface area contributed by atoms with Gasteiger partial charge in [0.05, 0.1) is 12.2 Å². The quantitative estimate of drug-likeness (QED) is 0.279. The third-order valence-corrected chi connectivity index (χ3v) is 4.41. The number of carbonyl (C=O) groups is 1. The van der Waals surface area contributed by atoms with Crippen molar-refractivity contribution in [3.05, 3.63) is 36.4 Å². The van der Waals surface area contributed by atoms with Crippen LogP contribution in [0.5, 0.6) is 5.75 Å². The molecule has 0 saturated heterocycles. The zero-order valence-electron chi connectivity index (χ0n) is 16.3. The van der Waals surface area contributed by atoms with Crippen molar-refractivity contribution in [2.45, 2.75) is 13.0 Å². The number of halogens is 1. The van der Waals surface area contributed by atoms with Gasteiger partial charge in [-0.2, -0.15) is 5.10 Å². The standard InChI is InChI=1S/C18H25N7O2.HI/c1-19-18(23(2)11-16-21-13-22-24(16)3)20-9-6-10-25-14-7-4-5-8-15(14)27-12-17(25)26;/h4-5,7-8,13H,6,9-12H2,1-3H3,(H,19,20);1H. The molecule has 152 valence electrons. The summed E-state index contributed by atoms with van der Waals surface area (Å²) in [6.07, 6.45) is 2.33. The number of benzene rings is 1. The molecule has 0 radical (unpaired) electrons. The maximum atomic E-state index is 12.2. The van der Waals surface area contributed by atoms with Gasteiger partial charge in [0.15, 0.2) is 12.6 Å². The van der Waals surface area contributed by atoms with Gasteiger partial charge >= 0.3 is 0 Å². The molecule has 0 spiro atoms. The highest BCUT2D eigenvalue weighted by Crippen LogP contribution is 2.31. The molecule has 0 bridgehead atoms. The van der Waals surface area contributed by atoms with Crippen molar-refractivity contribution >= 4 is 41.5 Å². The maximum Gasteiger partial charge on any atom is 0.265 e. The Morgan fingerprint density at radius 3 is 2.89 bits per heavy atom. The molecule has 0 saturated carbocycles. The second-order valence-corrected chi connectivity index (χ2v) is 6.29. The van der Waals surface area contributed by atoms with Crippen molar-refractivity contribution in [1.29, 1.82) is 0 Å². The summed E-state index contributed by atoms with van der Waals surface area (Å²) in [6.45, 7) is 2.01. The molecule has 28 heavy (non-hydrogen) atoms. The van der Waals surface area contributed by atoms with E-state index in [0.717, 1.165) is 29.6 Å². The Bertz CT molecular complexity index is 824. The summed E-state index contributed by atoms with van der Waals surface area (Å²) in [4.78, 5) is 24.5. The predicted molar refractivity (Wildman–Crippen MR) is 118 cm³/mol. The van der Waals surface area contributed by atoms with E-state index in [2.05, 4.69) is 20.4 Å². The smallest absolute Gasteiger partial charge is 0.265 e. The zero-order chi connectivity index (χ0) is 19.2. The van der Waals surface area contributed by atoms with Gasteiger partial charge in [0, 0.05) is 34.2 Å². The van der Waals surface area contributed by atoms with Crippen molar-refractivity contribution < 1.29 is 9.53 Å². The van der Waals surface area contributed by atoms with Gasteiger partial charge in [-0.25, -0.2) is 4.98 Å². The number of rotatable bonds is 6. The Morgan fingerprint density at radius 2 is 2.18 bits per heavy atom. The number of nitrogens with zero attached hydrogens (tertiary/aromatic N) is 6. The summed E-state index contributed by atoms with van der Waals surface area (Å²) in [5.74, 6) is 2.37. The van der Waals surface area contributed by atoms with Crippen molar-refractivity contribution in [1.82, 2.24) is 25.0 Å². The summed E-state index contributed by atoms with van der Waals surface area (Å²) in [7, 11) is 5.56. The number of fused-ring (bicyclic) bond motifs is 1. The molecule has 1 aromatic heterocycles. The summed E-state index contributed by atoms with van der Waals surface area (Å²) >= 11 is 0. The third-order valence-electron chi connectivity index (χ3n) is 4.41. The summed E-state index contributed by atoms with van der Waals surface area (Å²) < 4.78 is 7.21. The van der Waals surface area contributed by atoms with E-state index in [0.29, 0.717) is 19.6 Å². The lowest BCUT2D eigenvalue weighted by molar-refractivity contribution is -0.121. The van der Waals surface area contributed by atoms with E-state index in [1.165, 1.54) is 6.33 Å². The lowest BCUT2D eigenvalue weighted by atomic mass is 10.2. The monoisotopic (exact) mass is 499 g/mol. The maximum absolute atomic E-state index is 12.2. The fourth-order valence-corrected chi connectivity index (χ4v) is 2.97. The van der Waals surface area contributed by atoms with E-state index in [1.54, 1.807) is 16.6 Å². The number of nitrogens with one attached hydrogen (secondary N) is 1. The van der Waals surface area contributed by atoms with Crippen LogP contribution in [0.3, 0.4) is 0 Å². The van der Waals surface area contributed by atoms with E-state index in [9.17, 15) is 4.79 Å². The van der Waals surface area contributed by atoms with Gasteiger partial charge in [0.2, 0.25) is 0 Å². The Labute approximate surface area is 181 Å². The van der Waals surface area contributed by atoms with E-state index in [-0.39, 0.29) is 36.5 Å². The zero-order valence-corrected chi connectivity index (χ0v) is 18.7. The van der Waals surface area contributed by atoms with Crippen LogP contribution in [0.25, 0.3) is 0 Å². The molecule has 1 aliphatic heterocycles. The highest BCUT2D eigenvalue weighted by Gasteiger charge is 2.24. The number of guanidine groups is 1. The second kappa shape index (κ2) is 10.2.